The van der Waals surface area contributed by atoms with Crippen molar-refractivity contribution < 1.29 is 13.9 Å². The van der Waals surface area contributed by atoms with Gasteiger partial charge in [0.15, 0.2) is 0 Å². The Kier molecular flexibility index (Phi) is 5.60. The summed E-state index contributed by atoms with van der Waals surface area (Å²) < 4.78 is 18.7. The highest BCUT2D eigenvalue weighted by atomic mass is 32.1. The van der Waals surface area contributed by atoms with Gasteiger partial charge in [-0.2, -0.15) is 0 Å². The largest absolute Gasteiger partial charge is 0.376 e. The van der Waals surface area contributed by atoms with Crippen molar-refractivity contribution in [2.24, 2.45) is 0 Å². The minimum absolute atomic E-state index is 0.0353. The fourth-order valence-corrected chi connectivity index (χ4v) is 3.68. The molecule has 0 radical (unpaired) electrons. The number of benzene rings is 1. The van der Waals surface area contributed by atoms with E-state index in [2.05, 4.69) is 10.2 Å². The van der Waals surface area contributed by atoms with Crippen LogP contribution in [-0.2, 0) is 9.53 Å². The van der Waals surface area contributed by atoms with Crippen LogP contribution >= 0.6 is 11.3 Å². The number of nitrogens with one attached hydrogen (secondary N) is 1. The van der Waals surface area contributed by atoms with Gasteiger partial charge in [0.25, 0.3) is 0 Å². The molecule has 1 fully saturated rings. The molecule has 0 bridgehead atoms. The van der Waals surface area contributed by atoms with Gasteiger partial charge in [-0.05, 0) is 36.1 Å². The summed E-state index contributed by atoms with van der Waals surface area (Å²) in [7, 11) is 0. The molecule has 1 aliphatic rings. The number of thiophene rings is 1. The molecule has 2 unspecified atom stereocenters. The van der Waals surface area contributed by atoms with Crippen LogP contribution in [0.25, 0.3) is 0 Å². The van der Waals surface area contributed by atoms with Crippen molar-refractivity contribution in [1.29, 1.82) is 0 Å². The minimum Gasteiger partial charge on any atom is -0.376 e. The van der Waals surface area contributed by atoms with Crippen molar-refractivity contribution in [2.45, 2.75) is 19.1 Å². The second-order valence-electron chi connectivity index (χ2n) is 5.98. The van der Waals surface area contributed by atoms with E-state index in [0.717, 1.165) is 23.5 Å². The second-order valence-corrected chi connectivity index (χ2v) is 6.96. The summed E-state index contributed by atoms with van der Waals surface area (Å²) in [4.78, 5) is 15.6. The third-order valence-corrected chi connectivity index (χ3v) is 4.97. The molecule has 1 amide bonds. The Hall–Kier alpha value is -1.76. The first-order chi connectivity index (χ1) is 11.6. The molecule has 2 atom stereocenters. The molecule has 128 valence electrons. The molecule has 4 nitrogen and oxygen atoms in total. The standard InChI is InChI=1S/C18H21FN2O2S/c1-13-11-21(8-9-23-13)12-17(22)20-18(16-3-2-10-24-16)14-4-6-15(19)7-5-14/h2-7,10,13,18H,8-9,11-12H2,1H3,(H,20,22). The highest BCUT2D eigenvalue weighted by molar-refractivity contribution is 7.10. The summed E-state index contributed by atoms with van der Waals surface area (Å²) >= 11 is 1.58. The molecule has 1 aliphatic heterocycles. The van der Waals surface area contributed by atoms with Crippen molar-refractivity contribution in [3.8, 4) is 0 Å². The quantitative estimate of drug-likeness (QED) is 0.903. The van der Waals surface area contributed by atoms with E-state index in [-0.39, 0.29) is 23.9 Å². The molecular formula is C18H21FN2O2S. The second kappa shape index (κ2) is 7.88. The molecule has 2 aromatic rings. The maximum atomic E-state index is 13.2. The third kappa shape index (κ3) is 4.41. The first kappa shape index (κ1) is 17.1. The molecule has 1 aromatic carbocycles. The maximum absolute atomic E-state index is 13.2. The van der Waals surface area contributed by atoms with Crippen molar-refractivity contribution in [1.82, 2.24) is 10.2 Å². The molecule has 1 saturated heterocycles. The van der Waals surface area contributed by atoms with Gasteiger partial charge in [0, 0.05) is 18.0 Å². The summed E-state index contributed by atoms with van der Waals surface area (Å²) in [6.07, 6.45) is 0.150. The molecule has 0 aliphatic carbocycles. The van der Waals surface area contributed by atoms with Crippen molar-refractivity contribution >= 4 is 17.2 Å². The van der Waals surface area contributed by atoms with Gasteiger partial charge in [-0.25, -0.2) is 4.39 Å². The minimum atomic E-state index is -0.280. The fraction of sp³-hybridized carbons (Fsp3) is 0.389. The van der Waals surface area contributed by atoms with Crippen LogP contribution in [0.1, 0.15) is 23.4 Å². The normalized spacial score (nSPS) is 19.8. The Morgan fingerprint density at radius 1 is 1.42 bits per heavy atom. The van der Waals surface area contributed by atoms with E-state index in [1.54, 1.807) is 23.5 Å². The summed E-state index contributed by atoms with van der Waals surface area (Å²) in [5, 5.41) is 5.06. The van der Waals surface area contributed by atoms with E-state index in [9.17, 15) is 9.18 Å². The number of hydrogen-bond donors (Lipinski definition) is 1. The Morgan fingerprint density at radius 2 is 2.21 bits per heavy atom. The van der Waals surface area contributed by atoms with Crippen LogP contribution < -0.4 is 5.32 Å². The average molecular weight is 348 g/mol. The van der Waals surface area contributed by atoms with E-state index in [1.165, 1.54) is 12.1 Å². The summed E-state index contributed by atoms with van der Waals surface area (Å²) in [5.74, 6) is -0.316. The monoisotopic (exact) mass is 348 g/mol. The number of halogens is 1. The molecule has 24 heavy (non-hydrogen) atoms. The van der Waals surface area contributed by atoms with Crippen molar-refractivity contribution in [3.63, 3.8) is 0 Å². The number of amides is 1. The van der Waals surface area contributed by atoms with E-state index in [0.29, 0.717) is 13.2 Å². The number of hydrogen-bond acceptors (Lipinski definition) is 4. The zero-order valence-corrected chi connectivity index (χ0v) is 14.4. The lowest BCUT2D eigenvalue weighted by molar-refractivity contribution is -0.124. The van der Waals surface area contributed by atoms with Crippen LogP contribution in [0.15, 0.2) is 41.8 Å². The SMILES string of the molecule is CC1CN(CC(=O)NC(c2ccc(F)cc2)c2cccs2)CCO1. The van der Waals surface area contributed by atoms with Crippen molar-refractivity contribution in [2.75, 3.05) is 26.2 Å². The molecular weight excluding hydrogens is 327 g/mol. The molecule has 0 spiro atoms. The van der Waals surface area contributed by atoms with E-state index in [1.807, 2.05) is 24.4 Å². The van der Waals surface area contributed by atoms with Crippen LogP contribution in [0, 0.1) is 5.82 Å². The van der Waals surface area contributed by atoms with E-state index in [4.69, 9.17) is 4.74 Å². The van der Waals surface area contributed by atoms with Crippen LogP contribution in [0.4, 0.5) is 4.39 Å². The van der Waals surface area contributed by atoms with Crippen LogP contribution in [0.3, 0.4) is 0 Å². The summed E-state index contributed by atoms with van der Waals surface area (Å²) in [5.41, 5.74) is 0.877. The smallest absolute Gasteiger partial charge is 0.234 e. The van der Waals surface area contributed by atoms with Gasteiger partial charge in [-0.15, -0.1) is 11.3 Å². The maximum Gasteiger partial charge on any atom is 0.234 e. The first-order valence-electron chi connectivity index (χ1n) is 8.04. The lowest BCUT2D eigenvalue weighted by atomic mass is 10.1. The molecule has 2 heterocycles. The van der Waals surface area contributed by atoms with Gasteiger partial charge >= 0.3 is 0 Å². The fourth-order valence-electron chi connectivity index (χ4n) is 2.87. The zero-order chi connectivity index (χ0) is 16.9. The zero-order valence-electron chi connectivity index (χ0n) is 13.6. The number of ether oxygens (including phenoxy) is 1. The molecule has 0 saturated carbocycles. The number of morpholine rings is 1. The highest BCUT2D eigenvalue weighted by Gasteiger charge is 2.22. The van der Waals surface area contributed by atoms with Crippen LogP contribution in [0.2, 0.25) is 0 Å². The summed E-state index contributed by atoms with van der Waals surface area (Å²) in [6.45, 7) is 4.53. The van der Waals surface area contributed by atoms with Gasteiger partial charge in [0.05, 0.1) is 25.3 Å². The lowest BCUT2D eigenvalue weighted by Crippen LogP contribution is -2.46. The number of rotatable bonds is 5. The van der Waals surface area contributed by atoms with Crippen LogP contribution in [0.5, 0.6) is 0 Å². The Bertz CT molecular complexity index is 660. The molecule has 6 heteroatoms. The van der Waals surface area contributed by atoms with E-state index >= 15 is 0 Å². The lowest BCUT2D eigenvalue weighted by Gasteiger charge is -2.31. The van der Waals surface area contributed by atoms with Crippen LogP contribution in [-0.4, -0.2) is 43.2 Å². The molecule has 1 aromatic heterocycles. The van der Waals surface area contributed by atoms with Gasteiger partial charge in [-0.3, -0.25) is 9.69 Å². The Balaban J connectivity index is 1.70. The number of carbonyl (C=O) groups excluding carboxylic acids is 1. The average Bonchev–Trinajstić information content (AvgIpc) is 3.08. The summed E-state index contributed by atoms with van der Waals surface area (Å²) in [6, 6.07) is 9.96. The predicted molar refractivity (Wildman–Crippen MR) is 92.6 cm³/mol. The van der Waals surface area contributed by atoms with Gasteiger partial charge in [0.2, 0.25) is 5.91 Å². The van der Waals surface area contributed by atoms with Gasteiger partial charge < -0.3 is 10.1 Å². The van der Waals surface area contributed by atoms with Gasteiger partial charge in [0.1, 0.15) is 5.82 Å². The third-order valence-electron chi connectivity index (χ3n) is 4.03. The van der Waals surface area contributed by atoms with E-state index < -0.39 is 0 Å². The molecule has 3 rings (SSSR count). The Morgan fingerprint density at radius 3 is 2.88 bits per heavy atom. The predicted octanol–water partition coefficient (Wildman–Crippen LogP) is 2.81. The number of nitrogens with zero attached hydrogens (tertiary/aromatic N) is 1. The molecule has 1 N–H and O–H groups in total. The Labute approximate surface area is 145 Å². The van der Waals surface area contributed by atoms with Crippen molar-refractivity contribution in [3.05, 3.63) is 58.0 Å². The van der Waals surface area contributed by atoms with Gasteiger partial charge in [-0.1, -0.05) is 18.2 Å². The highest BCUT2D eigenvalue weighted by Crippen LogP contribution is 2.26. The topological polar surface area (TPSA) is 41.6 Å². The first-order valence-corrected chi connectivity index (χ1v) is 8.92. The number of carbonyl (C=O) groups is 1.